The number of hydrogen-bond acceptors (Lipinski definition) is 3. The number of carboxylic acids is 1. The van der Waals surface area contributed by atoms with Gasteiger partial charge in [0.15, 0.2) is 0 Å². The summed E-state index contributed by atoms with van der Waals surface area (Å²) in [6, 6.07) is 0. The summed E-state index contributed by atoms with van der Waals surface area (Å²) in [5.74, 6) is -2.30. The lowest BCUT2D eigenvalue weighted by Gasteiger charge is -2.07. The van der Waals surface area contributed by atoms with Crippen LogP contribution in [0.15, 0.2) is 12.7 Å². The molecule has 4 heteroatoms. The number of aliphatic carboxylic acids is 1. The summed E-state index contributed by atoms with van der Waals surface area (Å²) in [6.07, 6.45) is 1.02. The van der Waals surface area contributed by atoms with Gasteiger partial charge in [-0.2, -0.15) is 0 Å². The molecule has 0 saturated carbocycles. The summed E-state index contributed by atoms with van der Waals surface area (Å²) in [6.45, 7) is 5.27. The van der Waals surface area contributed by atoms with Crippen molar-refractivity contribution in [3.05, 3.63) is 12.7 Å². The highest BCUT2D eigenvalue weighted by atomic mass is 16.5. The van der Waals surface area contributed by atoms with E-state index in [1.165, 1.54) is 6.08 Å². The van der Waals surface area contributed by atoms with Crippen LogP contribution in [0.25, 0.3) is 0 Å². The Balaban J connectivity index is 4.05. The molecule has 0 spiro atoms. The van der Waals surface area contributed by atoms with Crippen molar-refractivity contribution in [2.75, 3.05) is 6.61 Å². The fourth-order valence-corrected chi connectivity index (χ4v) is 0.700. The first-order chi connectivity index (χ1) is 5.61. The number of carbonyl (C=O) groups is 2. The molecular weight excluding hydrogens is 160 g/mol. The fraction of sp³-hybridized carbons (Fsp3) is 0.500. The van der Waals surface area contributed by atoms with Gasteiger partial charge < -0.3 is 9.84 Å². The maximum atomic E-state index is 11.0. The summed E-state index contributed by atoms with van der Waals surface area (Å²) in [5, 5.41) is 8.38. The van der Waals surface area contributed by atoms with E-state index in [4.69, 9.17) is 5.11 Å². The monoisotopic (exact) mass is 172 g/mol. The molecule has 0 aliphatic carbocycles. The normalized spacial score (nSPS) is 11.8. The van der Waals surface area contributed by atoms with Crippen molar-refractivity contribution in [1.82, 2.24) is 0 Å². The van der Waals surface area contributed by atoms with E-state index in [-0.39, 0.29) is 13.0 Å². The SMILES string of the molecule is C=CC(CC(=O)O)C(=O)OCC. The van der Waals surface area contributed by atoms with Gasteiger partial charge in [-0.1, -0.05) is 6.08 Å². The zero-order valence-corrected chi connectivity index (χ0v) is 6.95. The largest absolute Gasteiger partial charge is 0.481 e. The van der Waals surface area contributed by atoms with E-state index in [9.17, 15) is 9.59 Å². The second kappa shape index (κ2) is 5.35. The molecule has 0 heterocycles. The van der Waals surface area contributed by atoms with Crippen molar-refractivity contribution in [2.24, 2.45) is 5.92 Å². The first-order valence-electron chi connectivity index (χ1n) is 3.62. The van der Waals surface area contributed by atoms with Gasteiger partial charge in [0, 0.05) is 0 Å². The standard InChI is InChI=1S/C8H12O4/c1-3-6(5-7(9)10)8(11)12-4-2/h3,6H,1,4-5H2,2H3,(H,9,10). The molecule has 0 aromatic heterocycles. The van der Waals surface area contributed by atoms with Crippen LogP contribution in [0.4, 0.5) is 0 Å². The Morgan fingerprint density at radius 3 is 2.58 bits per heavy atom. The Labute approximate surface area is 70.8 Å². The number of carboxylic acid groups (broad SMARTS) is 1. The summed E-state index contributed by atoms with van der Waals surface area (Å²) in [5.41, 5.74) is 0. The minimum Gasteiger partial charge on any atom is -0.481 e. The number of esters is 1. The average molecular weight is 172 g/mol. The molecule has 0 bridgehead atoms. The Morgan fingerprint density at radius 2 is 2.25 bits per heavy atom. The summed E-state index contributed by atoms with van der Waals surface area (Å²) in [4.78, 5) is 21.2. The van der Waals surface area contributed by atoms with E-state index in [1.807, 2.05) is 0 Å². The fourth-order valence-electron chi connectivity index (χ4n) is 0.700. The third-order valence-corrected chi connectivity index (χ3v) is 1.27. The van der Waals surface area contributed by atoms with Crippen molar-refractivity contribution in [3.63, 3.8) is 0 Å². The molecule has 68 valence electrons. The van der Waals surface area contributed by atoms with Gasteiger partial charge in [-0.3, -0.25) is 9.59 Å². The first-order valence-corrected chi connectivity index (χ1v) is 3.62. The molecule has 0 aromatic rings. The molecule has 0 aromatic carbocycles. The smallest absolute Gasteiger partial charge is 0.313 e. The predicted octanol–water partition coefficient (Wildman–Crippen LogP) is 0.826. The minimum atomic E-state index is -1.03. The van der Waals surface area contributed by atoms with Gasteiger partial charge in [0.25, 0.3) is 0 Å². The molecular formula is C8H12O4. The van der Waals surface area contributed by atoms with Crippen LogP contribution in [-0.2, 0) is 14.3 Å². The molecule has 0 radical (unpaired) electrons. The van der Waals surface area contributed by atoms with E-state index in [0.717, 1.165) is 0 Å². The molecule has 0 aliphatic heterocycles. The molecule has 1 N–H and O–H groups in total. The predicted molar refractivity (Wildman–Crippen MR) is 42.6 cm³/mol. The van der Waals surface area contributed by atoms with E-state index < -0.39 is 17.9 Å². The third kappa shape index (κ3) is 3.75. The van der Waals surface area contributed by atoms with Crippen LogP contribution in [0.2, 0.25) is 0 Å². The zero-order chi connectivity index (χ0) is 9.56. The van der Waals surface area contributed by atoms with Gasteiger partial charge in [-0.05, 0) is 6.92 Å². The average Bonchev–Trinajstić information content (AvgIpc) is 2.00. The van der Waals surface area contributed by atoms with Crippen molar-refractivity contribution in [1.29, 1.82) is 0 Å². The molecule has 0 saturated heterocycles. The van der Waals surface area contributed by atoms with Gasteiger partial charge in [-0.15, -0.1) is 6.58 Å². The van der Waals surface area contributed by atoms with Crippen LogP contribution in [0.1, 0.15) is 13.3 Å². The van der Waals surface area contributed by atoms with Gasteiger partial charge in [-0.25, -0.2) is 0 Å². The number of ether oxygens (including phenoxy) is 1. The van der Waals surface area contributed by atoms with Gasteiger partial charge >= 0.3 is 11.9 Å². The van der Waals surface area contributed by atoms with Gasteiger partial charge in [0.2, 0.25) is 0 Å². The van der Waals surface area contributed by atoms with E-state index in [0.29, 0.717) is 0 Å². The highest BCUT2D eigenvalue weighted by molar-refractivity contribution is 5.80. The van der Waals surface area contributed by atoms with Crippen LogP contribution >= 0.6 is 0 Å². The summed E-state index contributed by atoms with van der Waals surface area (Å²) >= 11 is 0. The van der Waals surface area contributed by atoms with Crippen molar-refractivity contribution < 1.29 is 19.4 Å². The van der Waals surface area contributed by atoms with Crippen molar-refractivity contribution in [2.45, 2.75) is 13.3 Å². The highest BCUT2D eigenvalue weighted by Gasteiger charge is 2.18. The molecule has 0 rings (SSSR count). The first kappa shape index (κ1) is 10.7. The van der Waals surface area contributed by atoms with Crippen LogP contribution in [0.3, 0.4) is 0 Å². The molecule has 4 nitrogen and oxygen atoms in total. The van der Waals surface area contributed by atoms with Gasteiger partial charge in [0.05, 0.1) is 18.9 Å². The number of hydrogen-bond donors (Lipinski definition) is 1. The summed E-state index contributed by atoms with van der Waals surface area (Å²) < 4.78 is 4.62. The Kier molecular flexibility index (Phi) is 4.76. The molecule has 1 unspecified atom stereocenters. The molecule has 0 fully saturated rings. The summed E-state index contributed by atoms with van der Waals surface area (Å²) in [7, 11) is 0. The maximum absolute atomic E-state index is 11.0. The maximum Gasteiger partial charge on any atom is 0.313 e. The van der Waals surface area contributed by atoms with E-state index in [2.05, 4.69) is 11.3 Å². The lowest BCUT2D eigenvalue weighted by atomic mass is 10.1. The molecule has 12 heavy (non-hydrogen) atoms. The third-order valence-electron chi connectivity index (χ3n) is 1.27. The molecule has 0 aliphatic rings. The minimum absolute atomic E-state index is 0.253. The Bertz CT molecular complexity index is 185. The Morgan fingerprint density at radius 1 is 1.67 bits per heavy atom. The van der Waals surface area contributed by atoms with Crippen LogP contribution in [-0.4, -0.2) is 23.7 Å². The zero-order valence-electron chi connectivity index (χ0n) is 6.95. The lowest BCUT2D eigenvalue weighted by Crippen LogP contribution is -2.18. The molecule has 1 atom stereocenters. The van der Waals surface area contributed by atoms with E-state index in [1.54, 1.807) is 6.92 Å². The highest BCUT2D eigenvalue weighted by Crippen LogP contribution is 2.06. The van der Waals surface area contributed by atoms with Gasteiger partial charge in [0.1, 0.15) is 0 Å². The number of carbonyl (C=O) groups excluding carboxylic acids is 1. The quantitative estimate of drug-likeness (QED) is 0.492. The van der Waals surface area contributed by atoms with Crippen molar-refractivity contribution >= 4 is 11.9 Å². The van der Waals surface area contributed by atoms with Crippen LogP contribution in [0, 0.1) is 5.92 Å². The number of rotatable bonds is 5. The Hall–Kier alpha value is -1.32. The molecule has 0 amide bonds. The van der Waals surface area contributed by atoms with E-state index >= 15 is 0 Å². The van der Waals surface area contributed by atoms with Crippen LogP contribution < -0.4 is 0 Å². The topological polar surface area (TPSA) is 63.6 Å². The van der Waals surface area contributed by atoms with Crippen LogP contribution in [0.5, 0.6) is 0 Å². The second-order valence-electron chi connectivity index (χ2n) is 2.19. The van der Waals surface area contributed by atoms with Crippen molar-refractivity contribution in [3.8, 4) is 0 Å². The lowest BCUT2D eigenvalue weighted by molar-refractivity contribution is -0.150. The second-order valence-corrected chi connectivity index (χ2v) is 2.19.